The van der Waals surface area contributed by atoms with Gasteiger partial charge in [-0.2, -0.15) is 0 Å². The lowest BCUT2D eigenvalue weighted by Crippen LogP contribution is -2.14. The first-order valence-corrected chi connectivity index (χ1v) is 6.76. The first kappa shape index (κ1) is 12.3. The lowest BCUT2D eigenvalue weighted by molar-refractivity contribution is 0.632. The van der Waals surface area contributed by atoms with Gasteiger partial charge in [0.1, 0.15) is 0 Å². The van der Waals surface area contributed by atoms with Crippen molar-refractivity contribution in [3.05, 3.63) is 51.5 Å². The predicted molar refractivity (Wildman–Crippen MR) is 73.3 cm³/mol. The second-order valence-electron chi connectivity index (χ2n) is 4.44. The van der Waals surface area contributed by atoms with Crippen molar-refractivity contribution >= 4 is 11.3 Å². The molecule has 2 aromatic heterocycles. The van der Waals surface area contributed by atoms with Crippen LogP contribution in [0.4, 0.5) is 0 Å². The summed E-state index contributed by atoms with van der Waals surface area (Å²) in [6, 6.07) is 6.43. The molecule has 2 nitrogen and oxygen atoms in total. The lowest BCUT2D eigenvalue weighted by Gasteiger charge is -2.13. The Morgan fingerprint density at radius 3 is 2.88 bits per heavy atom. The van der Waals surface area contributed by atoms with Crippen LogP contribution in [0.15, 0.2) is 29.8 Å². The molecule has 0 spiro atoms. The van der Waals surface area contributed by atoms with Crippen LogP contribution < -0.4 is 5.73 Å². The highest BCUT2D eigenvalue weighted by molar-refractivity contribution is 7.09. The summed E-state index contributed by atoms with van der Waals surface area (Å²) in [5.41, 5.74) is 9.63. The number of hydrogen-bond donors (Lipinski definition) is 1. The second kappa shape index (κ2) is 5.43. The van der Waals surface area contributed by atoms with Gasteiger partial charge in [-0.25, -0.2) is 0 Å². The van der Waals surface area contributed by atoms with E-state index >= 15 is 0 Å². The van der Waals surface area contributed by atoms with E-state index in [1.54, 1.807) is 11.3 Å². The summed E-state index contributed by atoms with van der Waals surface area (Å²) in [5.74, 6) is 0. The normalized spacial score (nSPS) is 12.6. The molecule has 0 saturated heterocycles. The third kappa shape index (κ3) is 3.14. The Kier molecular flexibility index (Phi) is 3.92. The first-order valence-electron chi connectivity index (χ1n) is 5.88. The molecule has 17 heavy (non-hydrogen) atoms. The molecule has 0 aromatic carbocycles. The maximum atomic E-state index is 6.20. The molecule has 2 heterocycles. The molecule has 0 aliphatic carbocycles. The highest BCUT2D eigenvalue weighted by Crippen LogP contribution is 2.20. The highest BCUT2D eigenvalue weighted by Gasteiger charge is 2.10. The fourth-order valence-corrected chi connectivity index (χ4v) is 2.73. The average molecular weight is 246 g/mol. The zero-order valence-electron chi connectivity index (χ0n) is 10.3. The molecule has 0 amide bonds. The minimum absolute atomic E-state index is 0.0395. The molecule has 0 radical (unpaired) electrons. The Balaban J connectivity index is 2.01. The first-order chi connectivity index (χ1) is 8.16. The van der Waals surface area contributed by atoms with Gasteiger partial charge in [0.2, 0.25) is 0 Å². The van der Waals surface area contributed by atoms with Crippen LogP contribution >= 0.6 is 11.3 Å². The van der Waals surface area contributed by atoms with Crippen LogP contribution in [0, 0.1) is 13.8 Å². The largest absolute Gasteiger partial charge is 0.323 e. The number of hydrogen-bond acceptors (Lipinski definition) is 3. The van der Waals surface area contributed by atoms with Crippen molar-refractivity contribution in [2.24, 2.45) is 5.73 Å². The lowest BCUT2D eigenvalue weighted by atomic mass is 10.0. The zero-order valence-corrected chi connectivity index (χ0v) is 11.1. The number of aryl methyl sites for hydroxylation is 3. The smallest absolute Gasteiger partial charge is 0.0600 e. The van der Waals surface area contributed by atoms with Gasteiger partial charge >= 0.3 is 0 Å². The van der Waals surface area contributed by atoms with Crippen LogP contribution in [-0.4, -0.2) is 4.98 Å². The summed E-state index contributed by atoms with van der Waals surface area (Å²) in [4.78, 5) is 5.85. The van der Waals surface area contributed by atoms with Gasteiger partial charge in [0.25, 0.3) is 0 Å². The molecule has 2 rings (SSSR count). The highest BCUT2D eigenvalue weighted by atomic mass is 32.1. The molecule has 0 saturated carbocycles. The van der Waals surface area contributed by atoms with E-state index < -0.39 is 0 Å². The van der Waals surface area contributed by atoms with Crippen molar-refractivity contribution in [1.82, 2.24) is 4.98 Å². The summed E-state index contributed by atoms with van der Waals surface area (Å²) >= 11 is 1.79. The van der Waals surface area contributed by atoms with Crippen LogP contribution in [0.1, 0.15) is 34.2 Å². The van der Waals surface area contributed by atoms with E-state index in [0.29, 0.717) is 0 Å². The number of thiophene rings is 1. The quantitative estimate of drug-likeness (QED) is 0.898. The van der Waals surface area contributed by atoms with Crippen LogP contribution in [0.3, 0.4) is 0 Å². The molecular formula is C14H18N2S. The van der Waals surface area contributed by atoms with Crippen LogP contribution in [0.2, 0.25) is 0 Å². The van der Waals surface area contributed by atoms with E-state index in [1.807, 2.05) is 6.20 Å². The van der Waals surface area contributed by atoms with Gasteiger partial charge in [-0.3, -0.25) is 4.98 Å². The summed E-state index contributed by atoms with van der Waals surface area (Å²) in [6.07, 6.45) is 3.89. The molecular weight excluding hydrogens is 228 g/mol. The van der Waals surface area contributed by atoms with Gasteiger partial charge in [0.15, 0.2) is 0 Å². The van der Waals surface area contributed by atoms with Gasteiger partial charge in [-0.1, -0.05) is 12.1 Å². The molecule has 3 heteroatoms. The number of aromatic nitrogens is 1. The molecule has 90 valence electrons. The molecule has 0 bridgehead atoms. The molecule has 2 N–H and O–H groups in total. The molecule has 1 unspecified atom stereocenters. The fourth-order valence-electron chi connectivity index (χ4n) is 2.00. The van der Waals surface area contributed by atoms with Crippen molar-refractivity contribution in [2.75, 3.05) is 0 Å². The molecule has 0 aliphatic heterocycles. The van der Waals surface area contributed by atoms with Crippen molar-refractivity contribution in [3.63, 3.8) is 0 Å². The second-order valence-corrected chi connectivity index (χ2v) is 5.47. The maximum absolute atomic E-state index is 6.20. The number of pyridine rings is 1. The minimum Gasteiger partial charge on any atom is -0.323 e. The number of nitrogens with two attached hydrogens (primary N) is 1. The molecule has 0 fully saturated rings. The van der Waals surface area contributed by atoms with Crippen LogP contribution in [0.5, 0.6) is 0 Å². The van der Waals surface area contributed by atoms with E-state index in [1.165, 1.54) is 16.0 Å². The minimum atomic E-state index is 0.0395. The van der Waals surface area contributed by atoms with E-state index in [2.05, 4.69) is 42.4 Å². The Morgan fingerprint density at radius 2 is 2.24 bits per heavy atom. The van der Waals surface area contributed by atoms with Gasteiger partial charge in [-0.05, 0) is 49.3 Å². The summed E-state index contributed by atoms with van der Waals surface area (Å²) in [5, 5.41) is 2.11. The third-order valence-corrected chi connectivity index (χ3v) is 3.82. The summed E-state index contributed by atoms with van der Waals surface area (Å²) in [6.45, 7) is 4.14. The van der Waals surface area contributed by atoms with Gasteiger partial charge in [0, 0.05) is 17.1 Å². The third-order valence-electron chi connectivity index (χ3n) is 2.89. The molecule has 0 aliphatic rings. The Bertz CT molecular complexity index is 477. The van der Waals surface area contributed by atoms with Gasteiger partial charge in [-0.15, -0.1) is 11.3 Å². The van der Waals surface area contributed by atoms with Crippen molar-refractivity contribution in [2.45, 2.75) is 32.7 Å². The predicted octanol–water partition coefficient (Wildman–Crippen LogP) is 3.39. The maximum Gasteiger partial charge on any atom is 0.0600 e. The zero-order chi connectivity index (χ0) is 12.3. The summed E-state index contributed by atoms with van der Waals surface area (Å²) in [7, 11) is 0. The Labute approximate surface area is 107 Å². The fraction of sp³-hybridized carbons (Fsp3) is 0.357. The van der Waals surface area contributed by atoms with Gasteiger partial charge < -0.3 is 5.73 Å². The van der Waals surface area contributed by atoms with Crippen molar-refractivity contribution in [1.29, 1.82) is 0 Å². The average Bonchev–Trinajstić information content (AvgIpc) is 2.78. The topological polar surface area (TPSA) is 38.9 Å². The van der Waals surface area contributed by atoms with E-state index in [0.717, 1.165) is 18.5 Å². The number of rotatable bonds is 4. The molecule has 1 atom stereocenters. The van der Waals surface area contributed by atoms with E-state index in [9.17, 15) is 0 Å². The van der Waals surface area contributed by atoms with Crippen molar-refractivity contribution < 1.29 is 0 Å². The standard InChI is InChI=1S/C14H18N2S/c1-10-8-11(2)14(16-9-10)13(15)6-5-12-4-3-7-17-12/h3-4,7-9,13H,5-6,15H2,1-2H3. The van der Waals surface area contributed by atoms with E-state index in [4.69, 9.17) is 5.73 Å². The number of nitrogens with zero attached hydrogens (tertiary/aromatic N) is 1. The van der Waals surface area contributed by atoms with E-state index in [-0.39, 0.29) is 6.04 Å². The van der Waals surface area contributed by atoms with Crippen molar-refractivity contribution in [3.8, 4) is 0 Å². The van der Waals surface area contributed by atoms with Crippen LogP contribution in [-0.2, 0) is 6.42 Å². The van der Waals surface area contributed by atoms with Gasteiger partial charge in [0.05, 0.1) is 5.69 Å². The molecule has 2 aromatic rings. The summed E-state index contributed by atoms with van der Waals surface area (Å²) < 4.78 is 0. The Hall–Kier alpha value is -1.19. The SMILES string of the molecule is Cc1cnc(C(N)CCc2cccs2)c(C)c1. The van der Waals surface area contributed by atoms with Crippen LogP contribution in [0.25, 0.3) is 0 Å². The Morgan fingerprint density at radius 1 is 1.41 bits per heavy atom. The monoisotopic (exact) mass is 246 g/mol.